The Labute approximate surface area is 163 Å². The Morgan fingerprint density at radius 3 is 2.48 bits per heavy atom. The van der Waals surface area contributed by atoms with Crippen LogP contribution in [0.5, 0.6) is 0 Å². The summed E-state index contributed by atoms with van der Waals surface area (Å²) in [5.41, 5.74) is 1.94. The second kappa shape index (κ2) is 8.88. The monoisotopic (exact) mass is 387 g/mol. The van der Waals surface area contributed by atoms with E-state index in [1.807, 2.05) is 0 Å². The van der Waals surface area contributed by atoms with E-state index in [9.17, 15) is 9.59 Å². The molecular formula is C20H22ClN3O3. The predicted molar refractivity (Wildman–Crippen MR) is 107 cm³/mol. The molecular weight excluding hydrogens is 366 g/mol. The van der Waals surface area contributed by atoms with Gasteiger partial charge in [-0.3, -0.25) is 4.79 Å². The van der Waals surface area contributed by atoms with Crippen molar-refractivity contribution in [1.82, 2.24) is 5.32 Å². The fourth-order valence-electron chi connectivity index (χ4n) is 2.83. The lowest BCUT2D eigenvalue weighted by molar-refractivity contribution is 0.0993. The molecule has 2 N–H and O–H groups in total. The number of nitrogens with one attached hydrogen (secondary N) is 2. The van der Waals surface area contributed by atoms with Crippen molar-refractivity contribution in [3.05, 3.63) is 59.1 Å². The number of hydrogen-bond acceptors (Lipinski definition) is 3. The molecule has 0 unspecified atom stereocenters. The minimum Gasteiger partial charge on any atom is -0.381 e. The van der Waals surface area contributed by atoms with Gasteiger partial charge in [-0.05, 0) is 55.0 Å². The summed E-state index contributed by atoms with van der Waals surface area (Å²) >= 11 is 5.86. The highest BCUT2D eigenvalue weighted by Gasteiger charge is 2.16. The average Bonchev–Trinajstić information content (AvgIpc) is 3.20. The van der Waals surface area contributed by atoms with Crippen LogP contribution >= 0.6 is 11.6 Å². The van der Waals surface area contributed by atoms with Crippen LogP contribution in [-0.2, 0) is 4.74 Å². The van der Waals surface area contributed by atoms with Crippen molar-refractivity contribution in [2.24, 2.45) is 5.92 Å². The summed E-state index contributed by atoms with van der Waals surface area (Å²) in [4.78, 5) is 26.0. The topological polar surface area (TPSA) is 70.7 Å². The van der Waals surface area contributed by atoms with Gasteiger partial charge in [-0.2, -0.15) is 0 Å². The summed E-state index contributed by atoms with van der Waals surface area (Å²) in [5, 5.41) is 6.23. The fourth-order valence-corrected chi connectivity index (χ4v) is 2.95. The number of halogens is 1. The first-order valence-corrected chi connectivity index (χ1v) is 9.17. The zero-order valence-electron chi connectivity index (χ0n) is 15.1. The van der Waals surface area contributed by atoms with Crippen molar-refractivity contribution in [2.75, 3.05) is 37.0 Å². The lowest BCUT2D eigenvalue weighted by atomic mass is 10.1. The minimum absolute atomic E-state index is 0.135. The second-order valence-electron chi connectivity index (χ2n) is 6.48. The first-order chi connectivity index (χ1) is 13.0. The van der Waals surface area contributed by atoms with Crippen LogP contribution in [0.1, 0.15) is 16.8 Å². The van der Waals surface area contributed by atoms with Gasteiger partial charge in [-0.25, -0.2) is 4.79 Å². The van der Waals surface area contributed by atoms with E-state index in [0.717, 1.165) is 18.7 Å². The molecule has 1 atom stereocenters. The first-order valence-electron chi connectivity index (χ1n) is 8.79. The third-order valence-corrected chi connectivity index (χ3v) is 4.74. The summed E-state index contributed by atoms with van der Waals surface area (Å²) in [7, 11) is 1.70. The summed E-state index contributed by atoms with van der Waals surface area (Å²) in [6.07, 6.45) is 0.975. The number of rotatable bonds is 5. The zero-order valence-corrected chi connectivity index (χ0v) is 15.8. The third kappa shape index (κ3) is 5.21. The molecule has 1 heterocycles. The number of anilines is 2. The molecule has 1 aliphatic rings. The third-order valence-electron chi connectivity index (χ3n) is 4.48. The molecule has 0 saturated carbocycles. The molecule has 0 bridgehead atoms. The Hall–Kier alpha value is -2.57. The standard InChI is InChI=1S/C20H22ClN3O3/c1-24(19(25)15-2-4-16(21)5-3-15)18-8-6-17(7-9-18)23-20(26)22-12-14-10-11-27-13-14/h2-9,14H,10-13H2,1H3,(H2,22,23,26)/t14-/m1/s1. The van der Waals surface area contributed by atoms with Gasteiger partial charge in [-0.1, -0.05) is 11.6 Å². The Bertz CT molecular complexity index is 787. The van der Waals surface area contributed by atoms with E-state index < -0.39 is 0 Å². The highest BCUT2D eigenvalue weighted by molar-refractivity contribution is 6.30. The maximum absolute atomic E-state index is 12.5. The molecule has 3 amide bonds. The zero-order chi connectivity index (χ0) is 19.2. The van der Waals surface area contributed by atoms with Crippen molar-refractivity contribution < 1.29 is 14.3 Å². The van der Waals surface area contributed by atoms with E-state index in [-0.39, 0.29) is 11.9 Å². The van der Waals surface area contributed by atoms with Crippen molar-refractivity contribution >= 4 is 34.9 Å². The van der Waals surface area contributed by atoms with Crippen molar-refractivity contribution in [1.29, 1.82) is 0 Å². The molecule has 0 spiro atoms. The Kier molecular flexibility index (Phi) is 6.32. The van der Waals surface area contributed by atoms with Gasteiger partial charge in [0.1, 0.15) is 0 Å². The van der Waals surface area contributed by atoms with E-state index in [2.05, 4.69) is 10.6 Å². The molecule has 7 heteroatoms. The minimum atomic E-state index is -0.250. The van der Waals surface area contributed by atoms with Crippen LogP contribution < -0.4 is 15.5 Å². The van der Waals surface area contributed by atoms with E-state index in [4.69, 9.17) is 16.3 Å². The number of hydrogen-bond donors (Lipinski definition) is 2. The van der Waals surface area contributed by atoms with Gasteiger partial charge in [0.15, 0.2) is 0 Å². The number of benzene rings is 2. The van der Waals surface area contributed by atoms with Crippen LogP contribution in [0.25, 0.3) is 0 Å². The summed E-state index contributed by atoms with van der Waals surface area (Å²) in [6, 6.07) is 13.6. The van der Waals surface area contributed by atoms with E-state index in [1.54, 1.807) is 60.5 Å². The van der Waals surface area contributed by atoms with Crippen LogP contribution in [-0.4, -0.2) is 38.7 Å². The number of nitrogens with zero attached hydrogens (tertiary/aromatic N) is 1. The van der Waals surface area contributed by atoms with Crippen LogP contribution in [0.3, 0.4) is 0 Å². The normalized spacial score (nSPS) is 16.0. The number of ether oxygens (including phenoxy) is 1. The van der Waals surface area contributed by atoms with Crippen molar-refractivity contribution in [3.8, 4) is 0 Å². The van der Waals surface area contributed by atoms with Gasteiger partial charge in [0.05, 0.1) is 6.61 Å². The lowest BCUT2D eigenvalue weighted by Crippen LogP contribution is -2.33. The molecule has 6 nitrogen and oxygen atoms in total. The van der Waals surface area contributed by atoms with Gasteiger partial charge < -0.3 is 20.3 Å². The van der Waals surface area contributed by atoms with Crippen molar-refractivity contribution in [3.63, 3.8) is 0 Å². The van der Waals surface area contributed by atoms with Gasteiger partial charge in [0.25, 0.3) is 5.91 Å². The first kappa shape index (κ1) is 19.2. The van der Waals surface area contributed by atoms with Crippen LogP contribution in [0.4, 0.5) is 16.2 Å². The SMILES string of the molecule is CN(C(=O)c1ccc(Cl)cc1)c1ccc(NC(=O)NC[C@H]2CCOC2)cc1. The molecule has 0 aromatic heterocycles. The number of carbonyl (C=O) groups is 2. The van der Waals surface area contributed by atoms with E-state index >= 15 is 0 Å². The molecule has 1 fully saturated rings. The molecule has 3 rings (SSSR count). The number of carbonyl (C=O) groups excluding carboxylic acids is 2. The van der Waals surface area contributed by atoms with Crippen LogP contribution in [0.2, 0.25) is 5.02 Å². The van der Waals surface area contributed by atoms with Gasteiger partial charge >= 0.3 is 6.03 Å². The number of urea groups is 1. The molecule has 27 heavy (non-hydrogen) atoms. The lowest BCUT2D eigenvalue weighted by Gasteiger charge is -2.18. The van der Waals surface area contributed by atoms with E-state index in [1.165, 1.54) is 0 Å². The molecule has 2 aromatic rings. The molecule has 2 aromatic carbocycles. The van der Waals surface area contributed by atoms with Crippen LogP contribution in [0, 0.1) is 5.92 Å². The quantitative estimate of drug-likeness (QED) is 0.820. The average molecular weight is 388 g/mol. The maximum Gasteiger partial charge on any atom is 0.319 e. The predicted octanol–water partition coefficient (Wildman–Crippen LogP) is 3.77. The highest BCUT2D eigenvalue weighted by atomic mass is 35.5. The molecule has 142 valence electrons. The largest absolute Gasteiger partial charge is 0.381 e. The molecule has 0 radical (unpaired) electrons. The fraction of sp³-hybridized carbons (Fsp3) is 0.300. The summed E-state index contributed by atoms with van der Waals surface area (Å²) in [6.45, 7) is 2.06. The van der Waals surface area contributed by atoms with Crippen molar-refractivity contribution in [2.45, 2.75) is 6.42 Å². The summed E-state index contributed by atoms with van der Waals surface area (Å²) in [5.74, 6) is 0.245. The van der Waals surface area contributed by atoms with Gasteiger partial charge in [-0.15, -0.1) is 0 Å². The Morgan fingerprint density at radius 2 is 1.85 bits per heavy atom. The smallest absolute Gasteiger partial charge is 0.319 e. The number of amides is 3. The maximum atomic E-state index is 12.5. The summed E-state index contributed by atoms with van der Waals surface area (Å²) < 4.78 is 5.29. The van der Waals surface area contributed by atoms with Crippen LogP contribution in [0.15, 0.2) is 48.5 Å². The Morgan fingerprint density at radius 1 is 1.15 bits per heavy atom. The molecule has 0 aliphatic carbocycles. The van der Waals surface area contributed by atoms with E-state index in [0.29, 0.717) is 35.3 Å². The van der Waals surface area contributed by atoms with Gasteiger partial charge in [0, 0.05) is 48.1 Å². The molecule has 1 aliphatic heterocycles. The van der Waals surface area contributed by atoms with Gasteiger partial charge in [0.2, 0.25) is 0 Å². The highest BCUT2D eigenvalue weighted by Crippen LogP contribution is 2.20. The molecule has 1 saturated heterocycles. The Balaban J connectivity index is 1.54. The second-order valence-corrected chi connectivity index (χ2v) is 6.92.